The molecular weight excluding hydrogens is 1080 g/mol. The van der Waals surface area contributed by atoms with E-state index in [1.165, 1.54) is 62.2 Å². The number of pyridine rings is 3. The molecule has 0 radical (unpaired) electrons. The lowest BCUT2D eigenvalue weighted by Gasteiger charge is -2.20. The summed E-state index contributed by atoms with van der Waals surface area (Å²) in [6, 6.07) is 20.8. The second-order valence-corrected chi connectivity index (χ2v) is 23.2. The topological polar surface area (TPSA) is 239 Å². The molecule has 0 unspecified atom stereocenters. The third-order valence-electron chi connectivity index (χ3n) is 11.4. The minimum absolute atomic E-state index is 0. The van der Waals surface area contributed by atoms with Crippen LogP contribution in [0.1, 0.15) is 39.1 Å². The fraction of sp³-hybridized carbons (Fsp3) is 0.261. The Kier molecular flexibility index (Phi) is 16.2. The van der Waals surface area contributed by atoms with E-state index in [0.29, 0.717) is 84.4 Å². The normalized spacial score (nSPS) is 16.0. The molecule has 1 N–H and O–H groups in total. The number of hydrogen-bond acceptors (Lipinski definition) is 17. The van der Waals surface area contributed by atoms with Gasteiger partial charge in [0.2, 0.25) is 20.0 Å². The van der Waals surface area contributed by atoms with Crippen LogP contribution >= 0.6 is 46.3 Å². The van der Waals surface area contributed by atoms with Crippen LogP contribution < -0.4 is 33.7 Å². The number of ether oxygens (including phenoxy) is 6. The Morgan fingerprint density at radius 1 is 0.486 bits per heavy atom. The largest absolute Gasteiger partial charge is 0.486 e. The van der Waals surface area contributed by atoms with Crippen LogP contribution in [0.15, 0.2) is 106 Å². The molecule has 9 heterocycles. The minimum atomic E-state index is -3.70. The van der Waals surface area contributed by atoms with Crippen LogP contribution in [0.2, 0.25) is 10.3 Å². The Hall–Kier alpha value is -5.71. The first kappa shape index (κ1) is 52.6. The van der Waals surface area contributed by atoms with Crippen molar-refractivity contribution in [3.8, 4) is 40.6 Å². The molecule has 0 bridgehead atoms. The number of aromatic nitrogens is 3. The molecule has 3 aromatic carbocycles. The van der Waals surface area contributed by atoms with Crippen molar-refractivity contribution >= 4 is 75.4 Å². The predicted molar refractivity (Wildman–Crippen MR) is 263 cm³/mol. The van der Waals surface area contributed by atoms with Crippen molar-refractivity contribution in [2.24, 2.45) is 0 Å². The number of nitrogens with zero attached hydrogens (tertiary/aromatic N) is 6. The monoisotopic (exact) mass is 1120 g/mol. The fourth-order valence-electron chi connectivity index (χ4n) is 7.87. The summed E-state index contributed by atoms with van der Waals surface area (Å²) in [6.45, 7) is 5.52. The van der Waals surface area contributed by atoms with Crippen molar-refractivity contribution in [1.29, 1.82) is 5.26 Å². The molecule has 0 aliphatic carbocycles. The summed E-state index contributed by atoms with van der Waals surface area (Å²) in [5, 5.41) is 13.1. The Labute approximate surface area is 435 Å². The second kappa shape index (κ2) is 22.2. The number of halogens is 4. The van der Waals surface area contributed by atoms with Crippen LogP contribution in [0.25, 0.3) is 0 Å². The van der Waals surface area contributed by atoms with Crippen LogP contribution in [-0.4, -0.2) is 88.5 Å². The second-order valence-electron chi connectivity index (χ2n) is 16.0. The van der Waals surface area contributed by atoms with Crippen LogP contribution in [-0.2, 0) is 68.4 Å². The third-order valence-corrected chi connectivity index (χ3v) is 16.8. The molecule has 6 aromatic rings. The van der Waals surface area contributed by atoms with Gasteiger partial charge >= 0.3 is 0 Å². The van der Waals surface area contributed by atoms with Gasteiger partial charge in [-0.05, 0) is 88.0 Å². The average molecular weight is 1120 g/mol. The van der Waals surface area contributed by atoms with Crippen LogP contribution in [0.4, 0.5) is 0 Å². The van der Waals surface area contributed by atoms with Gasteiger partial charge in [-0.3, -0.25) is 0 Å². The lowest BCUT2D eigenvalue weighted by Crippen LogP contribution is -2.26. The highest BCUT2D eigenvalue weighted by Crippen LogP contribution is 2.38. The zero-order chi connectivity index (χ0) is 49.9. The Bertz CT molecular complexity index is 3430. The summed E-state index contributed by atoms with van der Waals surface area (Å²) in [6.07, 6.45) is 5.02. The molecule has 3 aromatic heterocycles. The minimum Gasteiger partial charge on any atom is -0.486 e. The molecule has 0 fully saturated rings. The summed E-state index contributed by atoms with van der Waals surface area (Å²) >= 11 is 11.6. The SMILES string of the molecule is Cl.Clc1cc2c(cn1)CNC2.N#Cc1cc2c(cn1)CN(S(=O)(=O)c1ccc3c(c1)OCCO3)C2.O=S(=O)(Cl)c1ccc2c(c1)OCCO2.O=S(=O)(c1ccc2c(c1)OCCO2)N1Cc2cnc(Cl)cc2C1. The Morgan fingerprint density at radius 2 is 0.861 bits per heavy atom. The lowest BCUT2D eigenvalue weighted by atomic mass is 10.1. The van der Waals surface area contributed by atoms with E-state index in [1.807, 2.05) is 18.3 Å². The smallest absolute Gasteiger partial charge is 0.261 e. The summed E-state index contributed by atoms with van der Waals surface area (Å²) in [4.78, 5) is 12.3. The van der Waals surface area contributed by atoms with Gasteiger partial charge in [0.15, 0.2) is 34.5 Å². The maximum atomic E-state index is 12.9. The standard InChI is InChI=1S/C16H13N3O4S.C15H13ClN2O4S.C8H7ClO4S.C7H7ClN2.ClH/c17-7-13-5-11-9-19(10-12(11)8-18-13)24(20,21)14-1-2-15-16(6-14)23-4-3-22-15;16-15-5-10-8-18(9-11(10)7-17-15)23(19,20)12-1-2-13-14(6-12)22-4-3-21-13;9-14(10,11)6-1-2-7-8(5-6)13-4-3-12-7;8-7-1-5-2-9-3-6(5)4-10-7;/h1-2,5-6,8H,3-4,9-10H2;1-2,5-7H,3-4,8-9H2;1-2,5H,3-4H2;1,4,9H,2-3H2;1H. The van der Waals surface area contributed by atoms with Crippen LogP contribution in [0, 0.1) is 11.3 Å². The molecule has 0 spiro atoms. The van der Waals surface area contributed by atoms with Crippen LogP contribution in [0.5, 0.6) is 34.5 Å². The predicted octanol–water partition coefficient (Wildman–Crippen LogP) is 6.78. The molecule has 6 aliphatic heterocycles. The number of nitriles is 1. The van der Waals surface area contributed by atoms with Gasteiger partial charge in [0.25, 0.3) is 9.05 Å². The highest BCUT2D eigenvalue weighted by Gasteiger charge is 2.34. The molecule has 19 nitrogen and oxygen atoms in total. The number of sulfonamides is 2. The number of benzene rings is 3. The summed E-state index contributed by atoms with van der Waals surface area (Å²) in [7, 11) is -5.82. The zero-order valence-electron chi connectivity index (χ0n) is 37.5. The van der Waals surface area contributed by atoms with Gasteiger partial charge in [0.1, 0.15) is 61.7 Å². The number of hydrogen-bond donors (Lipinski definition) is 1. The number of fused-ring (bicyclic) bond motifs is 6. The quantitative estimate of drug-likeness (QED) is 0.138. The van der Waals surface area contributed by atoms with Crippen molar-refractivity contribution in [2.75, 3.05) is 39.6 Å². The van der Waals surface area contributed by atoms with Gasteiger partial charge in [0.05, 0.1) is 14.7 Å². The summed E-state index contributed by atoms with van der Waals surface area (Å²) < 4.78 is 108. The van der Waals surface area contributed by atoms with Gasteiger partial charge in [-0.2, -0.15) is 13.9 Å². The van der Waals surface area contributed by atoms with Crippen molar-refractivity contribution < 1.29 is 53.7 Å². The van der Waals surface area contributed by atoms with E-state index in [1.54, 1.807) is 36.7 Å². The molecular formula is C46H41Cl4N7O12S3. The van der Waals surface area contributed by atoms with Gasteiger partial charge in [-0.1, -0.05) is 23.2 Å². The molecule has 378 valence electrons. The van der Waals surface area contributed by atoms with Gasteiger partial charge in [-0.15, -0.1) is 12.4 Å². The van der Waals surface area contributed by atoms with E-state index < -0.39 is 29.1 Å². The van der Waals surface area contributed by atoms with E-state index in [-0.39, 0.29) is 59.0 Å². The first-order valence-electron chi connectivity index (χ1n) is 21.5. The maximum absolute atomic E-state index is 12.9. The van der Waals surface area contributed by atoms with Crippen molar-refractivity contribution in [2.45, 2.75) is 54.0 Å². The van der Waals surface area contributed by atoms with Crippen LogP contribution in [0.3, 0.4) is 0 Å². The highest BCUT2D eigenvalue weighted by molar-refractivity contribution is 8.13. The lowest BCUT2D eigenvalue weighted by molar-refractivity contribution is 0.171. The van der Waals surface area contributed by atoms with E-state index in [9.17, 15) is 25.3 Å². The average Bonchev–Trinajstić information content (AvgIpc) is 4.15. The van der Waals surface area contributed by atoms with Gasteiger partial charge in [-0.25, -0.2) is 40.2 Å². The molecule has 6 aliphatic rings. The molecule has 0 saturated carbocycles. The van der Waals surface area contributed by atoms with Gasteiger partial charge < -0.3 is 33.7 Å². The first-order chi connectivity index (χ1) is 34.0. The maximum Gasteiger partial charge on any atom is 0.261 e. The van der Waals surface area contributed by atoms with Gasteiger partial charge in [0, 0.05) is 86.7 Å². The molecule has 26 heteroatoms. The van der Waals surface area contributed by atoms with E-state index >= 15 is 0 Å². The summed E-state index contributed by atoms with van der Waals surface area (Å²) in [5.41, 5.74) is 6.20. The van der Waals surface area contributed by atoms with Crippen molar-refractivity contribution in [3.05, 3.63) is 141 Å². The molecule has 0 amide bonds. The Morgan fingerprint density at radius 3 is 1.33 bits per heavy atom. The van der Waals surface area contributed by atoms with Crippen molar-refractivity contribution in [3.63, 3.8) is 0 Å². The van der Waals surface area contributed by atoms with E-state index in [2.05, 4.69) is 20.3 Å². The summed E-state index contributed by atoms with van der Waals surface area (Å²) in [5.74, 6) is 2.97. The first-order valence-corrected chi connectivity index (χ1v) is 27.5. The molecule has 0 saturated heterocycles. The van der Waals surface area contributed by atoms with E-state index in [4.69, 9.17) is 67.6 Å². The number of nitrogens with one attached hydrogen (secondary N) is 1. The zero-order valence-corrected chi connectivity index (χ0v) is 43.0. The molecule has 72 heavy (non-hydrogen) atoms. The molecule has 0 atom stereocenters. The Balaban J connectivity index is 0.000000134. The number of rotatable bonds is 5. The van der Waals surface area contributed by atoms with E-state index in [0.717, 1.165) is 35.3 Å². The fourth-order valence-corrected chi connectivity index (χ4v) is 11.8. The van der Waals surface area contributed by atoms with Crippen molar-refractivity contribution in [1.82, 2.24) is 28.9 Å². The molecule has 12 rings (SSSR count). The third kappa shape index (κ3) is 11.9. The highest BCUT2D eigenvalue weighted by atomic mass is 35.7.